The molecule has 0 bridgehead atoms. The van der Waals surface area contributed by atoms with Crippen molar-refractivity contribution in [2.24, 2.45) is 0 Å². The van der Waals surface area contributed by atoms with E-state index in [9.17, 15) is 9.59 Å². The van der Waals surface area contributed by atoms with Crippen LogP contribution in [0.4, 0.5) is 0 Å². The van der Waals surface area contributed by atoms with Crippen molar-refractivity contribution in [3.05, 3.63) is 28.0 Å². The molecule has 1 heterocycles. The molecule has 20 heavy (non-hydrogen) atoms. The lowest BCUT2D eigenvalue weighted by molar-refractivity contribution is -0.130. The van der Waals surface area contributed by atoms with Gasteiger partial charge in [0.1, 0.15) is 5.15 Å². The van der Waals surface area contributed by atoms with E-state index in [2.05, 4.69) is 10.3 Å². The molecular formula is C13H17Cl2N3O2. The van der Waals surface area contributed by atoms with Gasteiger partial charge in [0.2, 0.25) is 5.91 Å². The van der Waals surface area contributed by atoms with Crippen LogP contribution in [0, 0.1) is 0 Å². The van der Waals surface area contributed by atoms with E-state index in [0.29, 0.717) is 18.7 Å². The Balaban J connectivity index is 2.47. The fourth-order valence-electron chi connectivity index (χ4n) is 1.66. The monoisotopic (exact) mass is 317 g/mol. The third-order valence-electron chi connectivity index (χ3n) is 2.80. The van der Waals surface area contributed by atoms with Gasteiger partial charge < -0.3 is 10.2 Å². The summed E-state index contributed by atoms with van der Waals surface area (Å²) in [5, 5.41) is 3.03. The number of aromatic nitrogens is 1. The number of amides is 2. The maximum atomic E-state index is 11.8. The number of halogens is 2. The molecule has 1 aromatic heterocycles. The Morgan fingerprint density at radius 3 is 2.50 bits per heavy atom. The number of carbonyl (C=O) groups excluding carboxylic acids is 2. The van der Waals surface area contributed by atoms with E-state index < -0.39 is 0 Å². The molecule has 0 spiro atoms. The third-order valence-corrected chi connectivity index (χ3v) is 3.49. The molecule has 7 heteroatoms. The van der Waals surface area contributed by atoms with Gasteiger partial charge >= 0.3 is 0 Å². The third kappa shape index (κ3) is 4.65. The first-order valence-electron chi connectivity index (χ1n) is 6.36. The van der Waals surface area contributed by atoms with Gasteiger partial charge in [-0.05, 0) is 19.9 Å². The average Bonchev–Trinajstić information content (AvgIpc) is 2.43. The fraction of sp³-hybridized carbons (Fsp3) is 0.462. The highest BCUT2D eigenvalue weighted by Crippen LogP contribution is 2.19. The average molecular weight is 318 g/mol. The van der Waals surface area contributed by atoms with Crippen LogP contribution >= 0.6 is 23.2 Å². The summed E-state index contributed by atoms with van der Waals surface area (Å²) in [6.45, 7) is 5.44. The highest BCUT2D eigenvalue weighted by Gasteiger charge is 2.12. The Bertz CT molecular complexity index is 491. The summed E-state index contributed by atoms with van der Waals surface area (Å²) in [6.07, 6.45) is 1.61. The maximum absolute atomic E-state index is 11.8. The first-order valence-corrected chi connectivity index (χ1v) is 7.12. The van der Waals surface area contributed by atoms with E-state index in [4.69, 9.17) is 23.2 Å². The summed E-state index contributed by atoms with van der Waals surface area (Å²) in [6, 6.07) is 1.44. The van der Waals surface area contributed by atoms with Crippen molar-refractivity contribution in [2.45, 2.75) is 20.3 Å². The lowest BCUT2D eigenvalue weighted by Crippen LogP contribution is -2.34. The molecule has 0 aliphatic carbocycles. The summed E-state index contributed by atoms with van der Waals surface area (Å²) >= 11 is 11.5. The summed E-state index contributed by atoms with van der Waals surface area (Å²) in [4.78, 5) is 29.1. The molecule has 0 aromatic carbocycles. The smallest absolute Gasteiger partial charge is 0.252 e. The SMILES string of the molecule is CCN(CC)C(=O)CCNC(=O)c1cnc(Cl)c(Cl)c1. The Morgan fingerprint density at radius 2 is 1.95 bits per heavy atom. The number of carbonyl (C=O) groups is 2. The van der Waals surface area contributed by atoms with Crippen LogP contribution in [0.25, 0.3) is 0 Å². The zero-order valence-electron chi connectivity index (χ0n) is 11.4. The normalized spacial score (nSPS) is 10.2. The second kappa shape index (κ2) is 8.07. The quantitative estimate of drug-likeness (QED) is 0.819. The van der Waals surface area contributed by atoms with Gasteiger partial charge in [-0.3, -0.25) is 9.59 Å². The molecule has 0 aliphatic heterocycles. The molecule has 0 aliphatic rings. The van der Waals surface area contributed by atoms with Crippen molar-refractivity contribution < 1.29 is 9.59 Å². The molecule has 0 saturated carbocycles. The van der Waals surface area contributed by atoms with Crippen molar-refractivity contribution in [1.82, 2.24) is 15.2 Å². The fourth-order valence-corrected chi connectivity index (χ4v) is 1.93. The van der Waals surface area contributed by atoms with E-state index in [1.54, 1.807) is 4.90 Å². The lowest BCUT2D eigenvalue weighted by atomic mass is 10.2. The van der Waals surface area contributed by atoms with Gasteiger partial charge in [-0.25, -0.2) is 4.98 Å². The number of pyridine rings is 1. The Labute approximate surface area is 128 Å². The standard InChI is InChI=1S/C13H17Cl2N3O2/c1-3-18(4-2)11(19)5-6-16-13(20)9-7-10(14)12(15)17-8-9/h7-8H,3-6H2,1-2H3,(H,16,20). The van der Waals surface area contributed by atoms with Crippen molar-refractivity contribution in [2.75, 3.05) is 19.6 Å². The van der Waals surface area contributed by atoms with Gasteiger partial charge in [-0.15, -0.1) is 0 Å². The maximum Gasteiger partial charge on any atom is 0.252 e. The number of hydrogen-bond donors (Lipinski definition) is 1. The minimum absolute atomic E-state index is 0.0163. The minimum Gasteiger partial charge on any atom is -0.351 e. The molecule has 1 N–H and O–H groups in total. The summed E-state index contributed by atoms with van der Waals surface area (Å²) in [5.74, 6) is -0.314. The van der Waals surface area contributed by atoms with Crippen LogP contribution in [-0.4, -0.2) is 41.3 Å². The van der Waals surface area contributed by atoms with Crippen LogP contribution in [0.1, 0.15) is 30.6 Å². The predicted octanol–water partition coefficient (Wildman–Crippen LogP) is 2.38. The molecule has 0 unspecified atom stereocenters. The van der Waals surface area contributed by atoms with Gasteiger partial charge in [0.05, 0.1) is 10.6 Å². The largest absolute Gasteiger partial charge is 0.351 e. The summed E-state index contributed by atoms with van der Waals surface area (Å²) < 4.78 is 0. The van der Waals surface area contributed by atoms with Crippen molar-refractivity contribution in [1.29, 1.82) is 0 Å². The van der Waals surface area contributed by atoms with Crippen molar-refractivity contribution in [3.63, 3.8) is 0 Å². The Morgan fingerprint density at radius 1 is 1.30 bits per heavy atom. The van der Waals surface area contributed by atoms with E-state index >= 15 is 0 Å². The number of rotatable bonds is 6. The van der Waals surface area contributed by atoms with Gasteiger partial charge in [0.25, 0.3) is 5.91 Å². The lowest BCUT2D eigenvalue weighted by Gasteiger charge is -2.18. The highest BCUT2D eigenvalue weighted by atomic mass is 35.5. The van der Waals surface area contributed by atoms with Crippen molar-refractivity contribution in [3.8, 4) is 0 Å². The van der Waals surface area contributed by atoms with E-state index in [1.807, 2.05) is 13.8 Å². The molecule has 0 radical (unpaired) electrons. The molecule has 0 saturated heterocycles. The summed E-state index contributed by atoms with van der Waals surface area (Å²) in [5.41, 5.74) is 0.315. The number of hydrogen-bond acceptors (Lipinski definition) is 3. The molecular weight excluding hydrogens is 301 g/mol. The molecule has 110 valence electrons. The molecule has 5 nitrogen and oxygen atoms in total. The second-order valence-corrected chi connectivity index (χ2v) is 4.83. The zero-order chi connectivity index (χ0) is 15.1. The Kier molecular flexibility index (Phi) is 6.75. The van der Waals surface area contributed by atoms with Gasteiger partial charge in [0.15, 0.2) is 0 Å². The van der Waals surface area contributed by atoms with Crippen LogP contribution in [0.3, 0.4) is 0 Å². The molecule has 1 rings (SSSR count). The Hall–Kier alpha value is -1.33. The highest BCUT2D eigenvalue weighted by molar-refractivity contribution is 6.41. The zero-order valence-corrected chi connectivity index (χ0v) is 13.0. The van der Waals surface area contributed by atoms with Crippen LogP contribution in [0.15, 0.2) is 12.3 Å². The van der Waals surface area contributed by atoms with Crippen LogP contribution in [0.5, 0.6) is 0 Å². The summed E-state index contributed by atoms with van der Waals surface area (Å²) in [7, 11) is 0. The van der Waals surface area contributed by atoms with E-state index in [-0.39, 0.29) is 35.0 Å². The van der Waals surface area contributed by atoms with Crippen LogP contribution in [-0.2, 0) is 4.79 Å². The predicted molar refractivity (Wildman–Crippen MR) is 79.1 cm³/mol. The van der Waals surface area contributed by atoms with Gasteiger partial charge in [0, 0.05) is 32.3 Å². The van der Waals surface area contributed by atoms with Gasteiger partial charge in [-0.1, -0.05) is 23.2 Å². The topological polar surface area (TPSA) is 62.3 Å². The molecule has 1 aromatic rings. The van der Waals surface area contributed by atoms with Crippen LogP contribution in [0.2, 0.25) is 10.2 Å². The van der Waals surface area contributed by atoms with Crippen LogP contribution < -0.4 is 5.32 Å². The first-order chi connectivity index (χ1) is 9.49. The number of nitrogens with one attached hydrogen (secondary N) is 1. The minimum atomic E-state index is -0.330. The van der Waals surface area contributed by atoms with E-state index in [1.165, 1.54) is 12.3 Å². The van der Waals surface area contributed by atoms with E-state index in [0.717, 1.165) is 0 Å². The molecule has 0 fully saturated rings. The molecule has 0 atom stereocenters. The number of nitrogens with zero attached hydrogens (tertiary/aromatic N) is 2. The second-order valence-electron chi connectivity index (χ2n) is 4.07. The van der Waals surface area contributed by atoms with Gasteiger partial charge in [-0.2, -0.15) is 0 Å². The van der Waals surface area contributed by atoms with Crippen molar-refractivity contribution >= 4 is 35.0 Å². The molecule has 2 amide bonds. The first kappa shape index (κ1) is 16.7.